The molecule has 18 heavy (non-hydrogen) atoms. The number of nitrogens with one attached hydrogen (secondary N) is 1. The summed E-state index contributed by atoms with van der Waals surface area (Å²) in [6, 6.07) is 0. The molecule has 1 heterocycles. The van der Waals surface area contributed by atoms with Crippen LogP contribution in [0.5, 0.6) is 0 Å². The first-order valence-electron chi connectivity index (χ1n) is 8.06. The Morgan fingerprint density at radius 1 is 0.833 bits per heavy atom. The van der Waals surface area contributed by atoms with Crippen LogP contribution in [0.3, 0.4) is 0 Å². The van der Waals surface area contributed by atoms with Gasteiger partial charge in [-0.05, 0) is 49.6 Å². The Kier molecular flexibility index (Phi) is 5.50. The maximum atomic E-state index is 3.59. The van der Waals surface area contributed by atoms with E-state index in [1.165, 1.54) is 58.4 Å². The highest BCUT2D eigenvalue weighted by Gasteiger charge is 2.23. The molecule has 1 saturated carbocycles. The van der Waals surface area contributed by atoms with Crippen LogP contribution < -0.4 is 5.32 Å². The summed E-state index contributed by atoms with van der Waals surface area (Å²) < 4.78 is 0. The summed E-state index contributed by atoms with van der Waals surface area (Å²) in [4.78, 5) is 2.76. The smallest absolute Gasteiger partial charge is 0.00194 e. The van der Waals surface area contributed by atoms with Gasteiger partial charge in [0, 0.05) is 19.6 Å². The molecule has 0 radical (unpaired) electrons. The predicted octanol–water partition coefficient (Wildman–Crippen LogP) is 2.99. The van der Waals surface area contributed by atoms with Gasteiger partial charge < -0.3 is 10.2 Å². The van der Waals surface area contributed by atoms with Crippen LogP contribution in [0.15, 0.2) is 0 Å². The number of hydrogen-bond donors (Lipinski definition) is 1. The van der Waals surface area contributed by atoms with E-state index in [9.17, 15) is 0 Å². The summed E-state index contributed by atoms with van der Waals surface area (Å²) in [5.74, 6) is 3.57. The molecule has 2 rings (SSSR count). The van der Waals surface area contributed by atoms with Crippen LogP contribution in [0.4, 0.5) is 0 Å². The zero-order valence-electron chi connectivity index (χ0n) is 12.6. The molecule has 2 atom stereocenters. The van der Waals surface area contributed by atoms with Gasteiger partial charge in [-0.1, -0.05) is 33.6 Å². The van der Waals surface area contributed by atoms with E-state index in [2.05, 4.69) is 31.0 Å². The topological polar surface area (TPSA) is 15.3 Å². The van der Waals surface area contributed by atoms with Gasteiger partial charge in [-0.25, -0.2) is 0 Å². The van der Waals surface area contributed by atoms with E-state index in [1.807, 2.05) is 0 Å². The Balaban J connectivity index is 1.81. The third-order valence-corrected chi connectivity index (χ3v) is 4.78. The van der Waals surface area contributed by atoms with E-state index in [-0.39, 0.29) is 0 Å². The molecule has 0 aromatic heterocycles. The molecule has 2 nitrogen and oxygen atoms in total. The summed E-state index contributed by atoms with van der Waals surface area (Å²) in [7, 11) is 0. The van der Waals surface area contributed by atoms with Crippen LogP contribution >= 0.6 is 0 Å². The quantitative estimate of drug-likeness (QED) is 0.813. The highest BCUT2D eigenvalue weighted by molar-refractivity contribution is 4.78. The maximum Gasteiger partial charge on any atom is 0.00194 e. The standard InChI is InChI=1S/C16H32N2/c1-13-4-6-16(7-5-13)12-18-10-14(2)8-17-9-15(3)11-18/h13-17H,4-12H2,1-3H3. The van der Waals surface area contributed by atoms with Crippen molar-refractivity contribution in [2.24, 2.45) is 23.7 Å². The van der Waals surface area contributed by atoms with Crippen LogP contribution in [-0.4, -0.2) is 37.6 Å². The highest BCUT2D eigenvalue weighted by atomic mass is 15.1. The van der Waals surface area contributed by atoms with Gasteiger partial charge in [0.05, 0.1) is 0 Å². The average Bonchev–Trinajstić information content (AvgIpc) is 2.30. The van der Waals surface area contributed by atoms with E-state index in [0.29, 0.717) is 0 Å². The van der Waals surface area contributed by atoms with Gasteiger partial charge in [0.25, 0.3) is 0 Å². The Bertz CT molecular complexity index is 221. The van der Waals surface area contributed by atoms with E-state index >= 15 is 0 Å². The minimum absolute atomic E-state index is 0.806. The SMILES string of the molecule is CC1CCC(CN2CC(C)CNCC(C)C2)CC1. The summed E-state index contributed by atoms with van der Waals surface area (Å²) in [6.45, 7) is 13.5. The largest absolute Gasteiger partial charge is 0.316 e. The third kappa shape index (κ3) is 4.55. The molecule has 106 valence electrons. The lowest BCUT2D eigenvalue weighted by Gasteiger charge is -2.36. The molecule has 1 saturated heterocycles. The zero-order chi connectivity index (χ0) is 13.0. The molecule has 2 unspecified atom stereocenters. The lowest BCUT2D eigenvalue weighted by atomic mass is 9.82. The van der Waals surface area contributed by atoms with Gasteiger partial charge in [-0.3, -0.25) is 0 Å². The minimum atomic E-state index is 0.806. The van der Waals surface area contributed by atoms with Gasteiger partial charge in [0.2, 0.25) is 0 Å². The van der Waals surface area contributed by atoms with Crippen LogP contribution in [-0.2, 0) is 0 Å². The highest BCUT2D eigenvalue weighted by Crippen LogP contribution is 2.29. The second-order valence-corrected chi connectivity index (χ2v) is 7.21. The van der Waals surface area contributed by atoms with E-state index < -0.39 is 0 Å². The van der Waals surface area contributed by atoms with Crippen molar-refractivity contribution in [3.63, 3.8) is 0 Å². The molecule has 1 aliphatic carbocycles. The maximum absolute atomic E-state index is 3.59. The molecule has 2 heteroatoms. The van der Waals surface area contributed by atoms with Crippen molar-refractivity contribution in [3.05, 3.63) is 0 Å². The molecule has 0 bridgehead atoms. The summed E-state index contributed by atoms with van der Waals surface area (Å²) in [5, 5.41) is 3.59. The van der Waals surface area contributed by atoms with Crippen molar-refractivity contribution >= 4 is 0 Å². The lowest BCUT2D eigenvalue weighted by molar-refractivity contribution is 0.139. The van der Waals surface area contributed by atoms with Crippen molar-refractivity contribution < 1.29 is 0 Å². The fourth-order valence-electron chi connectivity index (χ4n) is 3.69. The van der Waals surface area contributed by atoms with Gasteiger partial charge >= 0.3 is 0 Å². The molecule has 0 aromatic carbocycles. The van der Waals surface area contributed by atoms with Crippen LogP contribution in [0.1, 0.15) is 46.5 Å². The number of nitrogens with zero attached hydrogens (tertiary/aromatic N) is 1. The average molecular weight is 252 g/mol. The molecule has 0 aromatic rings. The number of rotatable bonds is 2. The molecular weight excluding hydrogens is 220 g/mol. The fraction of sp³-hybridized carbons (Fsp3) is 1.00. The van der Waals surface area contributed by atoms with Crippen LogP contribution in [0.25, 0.3) is 0 Å². The first-order chi connectivity index (χ1) is 8.63. The molecule has 1 aliphatic heterocycles. The van der Waals surface area contributed by atoms with Crippen molar-refractivity contribution in [1.29, 1.82) is 0 Å². The van der Waals surface area contributed by atoms with Crippen molar-refractivity contribution in [3.8, 4) is 0 Å². The number of hydrogen-bond acceptors (Lipinski definition) is 2. The first kappa shape index (κ1) is 14.3. The van der Waals surface area contributed by atoms with E-state index in [4.69, 9.17) is 0 Å². The zero-order valence-corrected chi connectivity index (χ0v) is 12.6. The Morgan fingerprint density at radius 3 is 1.94 bits per heavy atom. The lowest BCUT2D eigenvalue weighted by Crippen LogP contribution is -2.44. The Labute approximate surface area is 114 Å². The minimum Gasteiger partial charge on any atom is -0.316 e. The van der Waals surface area contributed by atoms with Crippen LogP contribution in [0.2, 0.25) is 0 Å². The summed E-state index contributed by atoms with van der Waals surface area (Å²) in [6.07, 6.45) is 5.87. The predicted molar refractivity (Wildman–Crippen MR) is 78.8 cm³/mol. The van der Waals surface area contributed by atoms with Crippen molar-refractivity contribution in [1.82, 2.24) is 10.2 Å². The molecule has 2 aliphatic rings. The molecular formula is C16H32N2. The van der Waals surface area contributed by atoms with Gasteiger partial charge in [-0.15, -0.1) is 0 Å². The Morgan fingerprint density at radius 2 is 1.39 bits per heavy atom. The summed E-state index contributed by atoms with van der Waals surface area (Å²) >= 11 is 0. The van der Waals surface area contributed by atoms with Gasteiger partial charge in [-0.2, -0.15) is 0 Å². The van der Waals surface area contributed by atoms with Gasteiger partial charge in [0.15, 0.2) is 0 Å². The van der Waals surface area contributed by atoms with Gasteiger partial charge in [0.1, 0.15) is 0 Å². The van der Waals surface area contributed by atoms with Crippen LogP contribution in [0, 0.1) is 23.7 Å². The molecule has 2 fully saturated rings. The van der Waals surface area contributed by atoms with E-state index in [1.54, 1.807) is 0 Å². The second-order valence-electron chi connectivity index (χ2n) is 7.21. The van der Waals surface area contributed by atoms with E-state index in [0.717, 1.165) is 23.7 Å². The monoisotopic (exact) mass is 252 g/mol. The molecule has 1 N–H and O–H groups in total. The van der Waals surface area contributed by atoms with Crippen molar-refractivity contribution in [2.75, 3.05) is 32.7 Å². The molecule has 0 spiro atoms. The van der Waals surface area contributed by atoms with Crippen molar-refractivity contribution in [2.45, 2.75) is 46.5 Å². The second kappa shape index (κ2) is 6.91. The fourth-order valence-corrected chi connectivity index (χ4v) is 3.69. The molecule has 0 amide bonds. The first-order valence-corrected chi connectivity index (χ1v) is 8.06. The normalized spacial score (nSPS) is 40.2. The third-order valence-electron chi connectivity index (χ3n) is 4.78. The Hall–Kier alpha value is -0.0800. The summed E-state index contributed by atoms with van der Waals surface area (Å²) in [5.41, 5.74) is 0.